The largest absolute Gasteiger partial charge is 0.308 e. The Bertz CT molecular complexity index is 352. The first-order chi connectivity index (χ1) is 7.35. The highest BCUT2D eigenvalue weighted by molar-refractivity contribution is 5.19. The van der Waals surface area contributed by atoms with Crippen LogP contribution in [-0.4, -0.2) is 5.54 Å². The van der Waals surface area contributed by atoms with Crippen molar-refractivity contribution in [1.82, 2.24) is 5.32 Å². The van der Waals surface area contributed by atoms with Gasteiger partial charge in [-0.25, -0.2) is 13.2 Å². The van der Waals surface area contributed by atoms with Crippen molar-refractivity contribution in [1.29, 1.82) is 0 Å². The van der Waals surface area contributed by atoms with Gasteiger partial charge in [-0.15, -0.1) is 0 Å². The van der Waals surface area contributed by atoms with Gasteiger partial charge in [0.2, 0.25) is 0 Å². The van der Waals surface area contributed by atoms with E-state index in [0.717, 1.165) is 18.6 Å². The van der Waals surface area contributed by atoms with E-state index in [4.69, 9.17) is 0 Å². The fraction of sp³-hybridized carbons (Fsp3) is 0.500. The Labute approximate surface area is 93.7 Å². The van der Waals surface area contributed by atoms with Gasteiger partial charge in [-0.3, -0.25) is 0 Å². The van der Waals surface area contributed by atoms with Crippen LogP contribution in [0.1, 0.15) is 32.8 Å². The van der Waals surface area contributed by atoms with E-state index < -0.39 is 17.5 Å². The highest BCUT2D eigenvalue weighted by Gasteiger charge is 2.15. The third-order valence-corrected chi connectivity index (χ3v) is 2.70. The maximum Gasteiger partial charge on any atom is 0.194 e. The van der Waals surface area contributed by atoms with E-state index in [0.29, 0.717) is 12.1 Å². The first-order valence-electron chi connectivity index (χ1n) is 5.24. The van der Waals surface area contributed by atoms with Gasteiger partial charge in [-0.1, -0.05) is 6.92 Å². The van der Waals surface area contributed by atoms with Gasteiger partial charge < -0.3 is 5.32 Å². The number of benzene rings is 1. The quantitative estimate of drug-likeness (QED) is 0.783. The molecule has 0 unspecified atom stereocenters. The van der Waals surface area contributed by atoms with Gasteiger partial charge in [0.25, 0.3) is 0 Å². The minimum Gasteiger partial charge on any atom is -0.308 e. The number of rotatable bonds is 4. The standard InChI is InChI=1S/C12H16F3N/c1-4-12(2,3)16-7-8-5-9(13)11(15)10(14)6-8/h5-6,16H,4,7H2,1-3H3. The third kappa shape index (κ3) is 3.23. The van der Waals surface area contributed by atoms with Crippen molar-refractivity contribution in [2.75, 3.05) is 0 Å². The lowest BCUT2D eigenvalue weighted by Gasteiger charge is -2.24. The first kappa shape index (κ1) is 13.0. The molecule has 0 spiro atoms. The summed E-state index contributed by atoms with van der Waals surface area (Å²) in [6, 6.07) is 2.02. The second kappa shape index (κ2) is 4.87. The van der Waals surface area contributed by atoms with E-state index in [1.807, 2.05) is 20.8 Å². The van der Waals surface area contributed by atoms with Crippen molar-refractivity contribution in [3.63, 3.8) is 0 Å². The molecular formula is C12H16F3N. The fourth-order valence-electron chi connectivity index (χ4n) is 1.18. The normalized spacial score (nSPS) is 11.9. The molecule has 0 amide bonds. The number of hydrogen-bond acceptors (Lipinski definition) is 1. The van der Waals surface area contributed by atoms with E-state index in [2.05, 4.69) is 5.32 Å². The summed E-state index contributed by atoms with van der Waals surface area (Å²) >= 11 is 0. The molecule has 0 aromatic heterocycles. The molecule has 0 saturated carbocycles. The Morgan fingerprint density at radius 2 is 1.62 bits per heavy atom. The third-order valence-electron chi connectivity index (χ3n) is 2.70. The van der Waals surface area contributed by atoms with Crippen LogP contribution in [0.4, 0.5) is 13.2 Å². The number of halogens is 3. The summed E-state index contributed by atoms with van der Waals surface area (Å²) < 4.78 is 38.5. The van der Waals surface area contributed by atoms with Crippen LogP contribution >= 0.6 is 0 Å². The summed E-state index contributed by atoms with van der Waals surface area (Å²) in [4.78, 5) is 0. The molecule has 90 valence electrons. The van der Waals surface area contributed by atoms with Gasteiger partial charge in [0.1, 0.15) is 0 Å². The Morgan fingerprint density at radius 3 is 2.06 bits per heavy atom. The molecule has 1 N–H and O–H groups in total. The molecule has 0 atom stereocenters. The molecule has 1 aromatic carbocycles. The summed E-state index contributed by atoms with van der Waals surface area (Å²) in [5, 5.41) is 3.14. The molecule has 0 radical (unpaired) electrons. The average Bonchev–Trinajstić information content (AvgIpc) is 2.23. The molecular weight excluding hydrogens is 215 g/mol. The van der Waals surface area contributed by atoms with Gasteiger partial charge >= 0.3 is 0 Å². The van der Waals surface area contributed by atoms with Crippen LogP contribution in [-0.2, 0) is 6.54 Å². The minimum absolute atomic E-state index is 0.110. The highest BCUT2D eigenvalue weighted by atomic mass is 19.2. The monoisotopic (exact) mass is 231 g/mol. The van der Waals surface area contributed by atoms with E-state index in [1.54, 1.807) is 0 Å². The van der Waals surface area contributed by atoms with Crippen molar-refractivity contribution < 1.29 is 13.2 Å². The highest BCUT2D eigenvalue weighted by Crippen LogP contribution is 2.15. The molecule has 4 heteroatoms. The fourth-order valence-corrected chi connectivity index (χ4v) is 1.18. The summed E-state index contributed by atoms with van der Waals surface area (Å²) in [5.41, 5.74) is 0.291. The molecule has 0 aliphatic heterocycles. The van der Waals surface area contributed by atoms with Crippen LogP contribution in [0.15, 0.2) is 12.1 Å². The summed E-state index contributed by atoms with van der Waals surface area (Å²) in [7, 11) is 0. The Balaban J connectivity index is 2.76. The lowest BCUT2D eigenvalue weighted by Crippen LogP contribution is -2.37. The molecule has 1 aromatic rings. The van der Waals surface area contributed by atoms with Crippen LogP contribution < -0.4 is 5.32 Å². The van der Waals surface area contributed by atoms with Gasteiger partial charge in [0.15, 0.2) is 17.5 Å². The van der Waals surface area contributed by atoms with Crippen LogP contribution in [0, 0.1) is 17.5 Å². The lowest BCUT2D eigenvalue weighted by atomic mass is 10.0. The van der Waals surface area contributed by atoms with Crippen molar-refractivity contribution in [3.8, 4) is 0 Å². The zero-order valence-electron chi connectivity index (χ0n) is 9.70. The molecule has 1 nitrogen and oxygen atoms in total. The average molecular weight is 231 g/mol. The summed E-state index contributed by atoms with van der Waals surface area (Å²) in [6.45, 7) is 6.31. The number of hydrogen-bond donors (Lipinski definition) is 1. The van der Waals surface area contributed by atoms with Gasteiger partial charge in [0.05, 0.1) is 0 Å². The molecule has 16 heavy (non-hydrogen) atoms. The van der Waals surface area contributed by atoms with E-state index in [9.17, 15) is 13.2 Å². The second-order valence-corrected chi connectivity index (χ2v) is 4.46. The predicted molar refractivity (Wildman–Crippen MR) is 57.5 cm³/mol. The summed E-state index contributed by atoms with van der Waals surface area (Å²) in [5.74, 6) is -3.71. The Kier molecular flexibility index (Phi) is 3.97. The zero-order chi connectivity index (χ0) is 12.3. The molecule has 0 aliphatic rings. The topological polar surface area (TPSA) is 12.0 Å². The molecule has 0 bridgehead atoms. The summed E-state index contributed by atoms with van der Waals surface area (Å²) in [6.07, 6.45) is 0.888. The zero-order valence-corrected chi connectivity index (χ0v) is 9.70. The minimum atomic E-state index is -1.42. The molecule has 0 saturated heterocycles. The van der Waals surface area contributed by atoms with Crippen LogP contribution in [0.2, 0.25) is 0 Å². The van der Waals surface area contributed by atoms with Crippen LogP contribution in [0.25, 0.3) is 0 Å². The predicted octanol–water partition coefficient (Wildman–Crippen LogP) is 3.38. The van der Waals surface area contributed by atoms with Gasteiger partial charge in [-0.05, 0) is 38.0 Å². The van der Waals surface area contributed by atoms with Crippen molar-refractivity contribution in [2.45, 2.75) is 39.3 Å². The Hall–Kier alpha value is -1.03. The van der Waals surface area contributed by atoms with Gasteiger partial charge in [0, 0.05) is 12.1 Å². The molecule has 0 aliphatic carbocycles. The Morgan fingerprint density at radius 1 is 1.12 bits per heavy atom. The van der Waals surface area contributed by atoms with Gasteiger partial charge in [-0.2, -0.15) is 0 Å². The lowest BCUT2D eigenvalue weighted by molar-refractivity contribution is 0.372. The van der Waals surface area contributed by atoms with Crippen LogP contribution in [0.5, 0.6) is 0 Å². The van der Waals surface area contributed by atoms with Crippen LogP contribution in [0.3, 0.4) is 0 Å². The maximum atomic E-state index is 12.9. The van der Waals surface area contributed by atoms with Crippen molar-refractivity contribution >= 4 is 0 Å². The molecule has 0 fully saturated rings. The van der Waals surface area contributed by atoms with Crippen molar-refractivity contribution in [2.24, 2.45) is 0 Å². The maximum absolute atomic E-state index is 12.9. The van der Waals surface area contributed by atoms with E-state index >= 15 is 0 Å². The second-order valence-electron chi connectivity index (χ2n) is 4.46. The SMILES string of the molecule is CCC(C)(C)NCc1cc(F)c(F)c(F)c1. The van der Waals surface area contributed by atoms with Crippen molar-refractivity contribution in [3.05, 3.63) is 35.1 Å². The number of nitrogens with one attached hydrogen (secondary N) is 1. The molecule has 0 heterocycles. The van der Waals surface area contributed by atoms with E-state index in [-0.39, 0.29) is 5.54 Å². The first-order valence-corrected chi connectivity index (χ1v) is 5.24. The molecule has 1 rings (SSSR count). The van der Waals surface area contributed by atoms with E-state index in [1.165, 1.54) is 0 Å². The smallest absolute Gasteiger partial charge is 0.194 e.